The van der Waals surface area contributed by atoms with E-state index in [0.29, 0.717) is 16.9 Å². The van der Waals surface area contributed by atoms with E-state index in [1.165, 1.54) is 12.1 Å². The van der Waals surface area contributed by atoms with Crippen LogP contribution in [0.1, 0.15) is 15.9 Å². The Kier molecular flexibility index (Phi) is 5.10. The van der Waals surface area contributed by atoms with Crippen molar-refractivity contribution in [2.45, 2.75) is 6.92 Å². The Bertz CT molecular complexity index is 804. The van der Waals surface area contributed by atoms with E-state index < -0.39 is 16.7 Å². The lowest BCUT2D eigenvalue weighted by atomic mass is 10.1. The van der Waals surface area contributed by atoms with Crippen molar-refractivity contribution >= 4 is 28.9 Å². The number of para-hydroxylation sites is 1. The molecule has 2 aromatic rings. The summed E-state index contributed by atoms with van der Waals surface area (Å²) in [6.07, 6.45) is 0. The van der Waals surface area contributed by atoms with Gasteiger partial charge < -0.3 is 16.4 Å². The minimum absolute atomic E-state index is 0.0696. The third kappa shape index (κ3) is 3.86. The van der Waals surface area contributed by atoms with E-state index in [0.717, 1.165) is 0 Å². The van der Waals surface area contributed by atoms with Crippen LogP contribution in [0.2, 0.25) is 0 Å². The molecule has 0 unspecified atom stereocenters. The summed E-state index contributed by atoms with van der Waals surface area (Å²) in [7, 11) is 0. The molecule has 0 aromatic heterocycles. The third-order valence-corrected chi connectivity index (χ3v) is 3.41. The smallest absolute Gasteiger partial charge is 0.274 e. The lowest BCUT2D eigenvalue weighted by molar-refractivity contribution is -0.385. The lowest BCUT2D eigenvalue weighted by Crippen LogP contribution is -2.24. The van der Waals surface area contributed by atoms with Crippen LogP contribution in [0.15, 0.2) is 42.5 Å². The molecule has 0 aliphatic rings. The van der Waals surface area contributed by atoms with Crippen LogP contribution in [0.5, 0.6) is 0 Å². The number of nitrogens with zero attached hydrogens (tertiary/aromatic N) is 1. The van der Waals surface area contributed by atoms with Crippen LogP contribution in [0.25, 0.3) is 0 Å². The van der Waals surface area contributed by atoms with E-state index in [-0.39, 0.29) is 17.8 Å². The molecule has 0 spiro atoms. The molecule has 124 valence electrons. The van der Waals surface area contributed by atoms with Crippen molar-refractivity contribution in [2.75, 3.05) is 17.2 Å². The Labute approximate surface area is 137 Å². The van der Waals surface area contributed by atoms with Crippen molar-refractivity contribution in [1.29, 1.82) is 0 Å². The predicted molar refractivity (Wildman–Crippen MR) is 89.9 cm³/mol. The molecule has 8 heteroatoms. The summed E-state index contributed by atoms with van der Waals surface area (Å²) in [5, 5.41) is 16.3. The highest BCUT2D eigenvalue weighted by Crippen LogP contribution is 2.25. The van der Waals surface area contributed by atoms with Crippen molar-refractivity contribution < 1.29 is 14.5 Å². The first kappa shape index (κ1) is 16.9. The molecule has 0 saturated heterocycles. The summed E-state index contributed by atoms with van der Waals surface area (Å²) in [6, 6.07) is 11.0. The Morgan fingerprint density at radius 2 is 1.79 bits per heavy atom. The average molecular weight is 328 g/mol. The van der Waals surface area contributed by atoms with Gasteiger partial charge in [0.15, 0.2) is 0 Å². The number of nitrogens with one attached hydrogen (secondary N) is 2. The van der Waals surface area contributed by atoms with E-state index in [4.69, 9.17) is 5.73 Å². The Balaban J connectivity index is 2.06. The monoisotopic (exact) mass is 328 g/mol. The maximum Gasteiger partial charge on any atom is 0.274 e. The van der Waals surface area contributed by atoms with E-state index in [1.54, 1.807) is 37.3 Å². The number of primary amides is 1. The zero-order valence-corrected chi connectivity index (χ0v) is 12.9. The number of rotatable bonds is 6. The Hall–Kier alpha value is -3.42. The molecule has 0 saturated carbocycles. The van der Waals surface area contributed by atoms with Crippen LogP contribution in [-0.4, -0.2) is 23.3 Å². The van der Waals surface area contributed by atoms with E-state index >= 15 is 0 Å². The molecular weight excluding hydrogens is 312 g/mol. The fourth-order valence-electron chi connectivity index (χ4n) is 2.18. The van der Waals surface area contributed by atoms with Gasteiger partial charge in [-0.15, -0.1) is 0 Å². The number of benzene rings is 2. The first-order chi connectivity index (χ1) is 11.4. The van der Waals surface area contributed by atoms with Crippen molar-refractivity contribution in [1.82, 2.24) is 0 Å². The first-order valence-corrected chi connectivity index (χ1v) is 7.06. The zero-order valence-electron chi connectivity index (χ0n) is 12.9. The van der Waals surface area contributed by atoms with Gasteiger partial charge in [0.1, 0.15) is 0 Å². The topological polar surface area (TPSA) is 127 Å². The molecule has 0 atom stereocenters. The van der Waals surface area contributed by atoms with Crippen molar-refractivity contribution in [2.24, 2.45) is 5.73 Å². The second kappa shape index (κ2) is 7.23. The molecule has 8 nitrogen and oxygen atoms in total. The standard InChI is InChI=1S/C16H16N4O4/c1-10-12(7-4-8-14(10)20(23)24)19-15(21)9-18-13-6-3-2-5-11(13)16(17)22/h2-8,18H,9H2,1H3,(H2,17,22)(H,19,21). The highest BCUT2D eigenvalue weighted by molar-refractivity contribution is 6.00. The van der Waals surface area contributed by atoms with Crippen LogP contribution >= 0.6 is 0 Å². The van der Waals surface area contributed by atoms with E-state index in [9.17, 15) is 19.7 Å². The van der Waals surface area contributed by atoms with Gasteiger partial charge in [-0.3, -0.25) is 19.7 Å². The number of hydrogen-bond acceptors (Lipinski definition) is 5. The Morgan fingerprint density at radius 3 is 2.46 bits per heavy atom. The first-order valence-electron chi connectivity index (χ1n) is 7.06. The third-order valence-electron chi connectivity index (χ3n) is 3.41. The second-order valence-corrected chi connectivity index (χ2v) is 5.02. The molecular formula is C16H16N4O4. The SMILES string of the molecule is Cc1c(NC(=O)CNc2ccccc2C(N)=O)cccc1[N+](=O)[O-]. The quantitative estimate of drug-likeness (QED) is 0.552. The van der Waals surface area contributed by atoms with Gasteiger partial charge in [0.25, 0.3) is 11.6 Å². The summed E-state index contributed by atoms with van der Waals surface area (Å²) in [5.41, 5.74) is 6.64. The number of nitro groups is 1. The summed E-state index contributed by atoms with van der Waals surface area (Å²) in [4.78, 5) is 33.8. The van der Waals surface area contributed by atoms with Crippen LogP contribution in [-0.2, 0) is 4.79 Å². The zero-order chi connectivity index (χ0) is 17.7. The molecule has 0 fully saturated rings. The largest absolute Gasteiger partial charge is 0.376 e. The number of anilines is 2. The molecule has 2 rings (SSSR count). The van der Waals surface area contributed by atoms with E-state index in [1.807, 2.05) is 0 Å². The molecule has 24 heavy (non-hydrogen) atoms. The molecule has 0 aliphatic heterocycles. The number of nitrogens with two attached hydrogens (primary N) is 1. The molecule has 0 heterocycles. The van der Waals surface area contributed by atoms with Crippen LogP contribution in [0, 0.1) is 17.0 Å². The summed E-state index contributed by atoms with van der Waals surface area (Å²) in [6.45, 7) is 1.44. The maximum atomic E-state index is 12.0. The van der Waals surface area contributed by atoms with Gasteiger partial charge in [-0.05, 0) is 25.1 Å². The minimum atomic E-state index is -0.604. The number of carbonyl (C=O) groups is 2. The predicted octanol–water partition coefficient (Wildman–Crippen LogP) is 2.05. The van der Waals surface area contributed by atoms with Gasteiger partial charge in [-0.2, -0.15) is 0 Å². The van der Waals surface area contributed by atoms with Crippen molar-refractivity contribution in [3.05, 3.63) is 63.7 Å². The Morgan fingerprint density at radius 1 is 1.12 bits per heavy atom. The van der Waals surface area contributed by atoms with Gasteiger partial charge in [0.05, 0.1) is 28.3 Å². The summed E-state index contributed by atoms with van der Waals surface area (Å²) in [5.74, 6) is -1.01. The number of amides is 2. The molecule has 0 bridgehead atoms. The fourth-order valence-corrected chi connectivity index (χ4v) is 2.18. The molecule has 2 aromatic carbocycles. The number of hydrogen-bond donors (Lipinski definition) is 3. The number of nitro benzene ring substituents is 1. The normalized spacial score (nSPS) is 10.0. The minimum Gasteiger partial charge on any atom is -0.376 e. The lowest BCUT2D eigenvalue weighted by Gasteiger charge is -2.11. The molecule has 2 amide bonds. The molecule has 4 N–H and O–H groups in total. The van der Waals surface area contributed by atoms with Crippen LogP contribution < -0.4 is 16.4 Å². The van der Waals surface area contributed by atoms with Crippen LogP contribution in [0.3, 0.4) is 0 Å². The van der Waals surface area contributed by atoms with Gasteiger partial charge >= 0.3 is 0 Å². The highest BCUT2D eigenvalue weighted by Gasteiger charge is 2.15. The van der Waals surface area contributed by atoms with Crippen molar-refractivity contribution in [3.63, 3.8) is 0 Å². The van der Waals surface area contributed by atoms with Gasteiger partial charge in [0.2, 0.25) is 5.91 Å². The molecule has 0 radical (unpaired) electrons. The van der Waals surface area contributed by atoms with E-state index in [2.05, 4.69) is 10.6 Å². The summed E-state index contributed by atoms with van der Waals surface area (Å²) < 4.78 is 0. The average Bonchev–Trinajstić information content (AvgIpc) is 2.54. The maximum absolute atomic E-state index is 12.0. The van der Waals surface area contributed by atoms with Gasteiger partial charge in [-0.25, -0.2) is 0 Å². The highest BCUT2D eigenvalue weighted by atomic mass is 16.6. The molecule has 0 aliphatic carbocycles. The fraction of sp³-hybridized carbons (Fsp3) is 0.125. The summed E-state index contributed by atoms with van der Waals surface area (Å²) >= 11 is 0. The number of carbonyl (C=O) groups excluding carboxylic acids is 2. The van der Waals surface area contributed by atoms with Crippen LogP contribution in [0.4, 0.5) is 17.1 Å². The van der Waals surface area contributed by atoms with Crippen molar-refractivity contribution in [3.8, 4) is 0 Å². The second-order valence-electron chi connectivity index (χ2n) is 5.02. The van der Waals surface area contributed by atoms with Gasteiger partial charge in [-0.1, -0.05) is 18.2 Å². The van der Waals surface area contributed by atoms with Gasteiger partial charge in [0, 0.05) is 11.8 Å².